The minimum Gasteiger partial charge on any atom is -0.474 e. The normalized spacial score (nSPS) is 18.8. The Balaban J connectivity index is 1.20. The van der Waals surface area contributed by atoms with E-state index in [0.717, 1.165) is 0 Å². The summed E-state index contributed by atoms with van der Waals surface area (Å²) in [6, 6.07) is 31.2. The Morgan fingerprint density at radius 2 is 0.974 bits per heavy atom. The van der Waals surface area contributed by atoms with Crippen molar-refractivity contribution in [1.29, 1.82) is 0 Å². The van der Waals surface area contributed by atoms with E-state index >= 15 is 0 Å². The highest BCUT2D eigenvalue weighted by Gasteiger charge is 2.27. The molecule has 0 saturated heterocycles. The van der Waals surface area contributed by atoms with Crippen LogP contribution in [-0.2, 0) is 9.47 Å². The lowest BCUT2D eigenvalue weighted by molar-refractivity contribution is 0.318. The molecule has 0 unspecified atom stereocenters. The van der Waals surface area contributed by atoms with Gasteiger partial charge in [-0.2, -0.15) is 0 Å². The first-order chi connectivity index (χ1) is 18.7. The maximum atomic E-state index is 6.07. The Bertz CT molecular complexity index is 1630. The van der Waals surface area contributed by atoms with Crippen molar-refractivity contribution >= 4 is 33.3 Å². The zero-order chi connectivity index (χ0) is 25.6. The summed E-state index contributed by atoms with van der Waals surface area (Å²) < 4.78 is 12.1. The van der Waals surface area contributed by atoms with E-state index in [4.69, 9.17) is 24.4 Å². The smallest absolute Gasteiger partial charge is 0.236 e. The highest BCUT2D eigenvalue weighted by molar-refractivity contribution is 5.98. The van der Waals surface area contributed by atoms with Gasteiger partial charge in [0, 0.05) is 0 Å². The van der Waals surface area contributed by atoms with Crippen LogP contribution in [-0.4, -0.2) is 30.0 Å². The fourth-order valence-electron chi connectivity index (χ4n) is 5.70. The highest BCUT2D eigenvalue weighted by Crippen LogP contribution is 2.34. The maximum Gasteiger partial charge on any atom is 0.236 e. The molecule has 5 heteroatoms. The van der Waals surface area contributed by atoms with Gasteiger partial charge in [0.15, 0.2) is 0 Å². The molecule has 1 aromatic heterocycles. The third kappa shape index (κ3) is 3.82. The molecule has 2 aliphatic heterocycles. The molecule has 0 saturated carbocycles. The summed E-state index contributed by atoms with van der Waals surface area (Å²) in [7, 11) is 0. The Morgan fingerprint density at radius 1 is 0.553 bits per heavy atom. The number of fused-ring (bicyclic) bond motifs is 2. The molecule has 0 fully saturated rings. The fraction of sp³-hybridized carbons (Fsp3) is 0.182. The SMILES string of the molecule is Cc1cccc2cccc([C@@H]3COC(c4cccc(C5=N[C@H](c6cccc7cccc(C)c67)CO5)n4)=N3)c12. The van der Waals surface area contributed by atoms with Gasteiger partial charge in [0.1, 0.15) is 36.7 Å². The van der Waals surface area contributed by atoms with E-state index in [1.807, 2.05) is 18.2 Å². The molecule has 186 valence electrons. The zero-order valence-corrected chi connectivity index (χ0v) is 21.4. The first kappa shape index (κ1) is 22.7. The second kappa shape index (κ2) is 9.10. The molecule has 2 aliphatic rings. The number of aromatic nitrogens is 1. The van der Waals surface area contributed by atoms with Crippen LogP contribution < -0.4 is 0 Å². The molecule has 0 radical (unpaired) electrons. The highest BCUT2D eigenvalue weighted by atomic mass is 16.5. The third-order valence-corrected chi connectivity index (χ3v) is 7.50. The lowest BCUT2D eigenvalue weighted by Gasteiger charge is -2.11. The molecule has 38 heavy (non-hydrogen) atoms. The standard InChI is InChI=1S/C33H27N3O2/c1-20-8-3-10-22-12-5-14-24(30(20)22)28-18-37-32(35-28)26-16-7-17-27(34-26)33-36-29(19-38-33)25-15-6-13-23-11-4-9-21(2)31(23)25/h3-17,28-29H,18-19H2,1-2H3/t28-,29-/m0/s1. The predicted molar refractivity (Wildman–Crippen MR) is 152 cm³/mol. The van der Waals surface area contributed by atoms with E-state index in [1.165, 1.54) is 43.8 Å². The van der Waals surface area contributed by atoms with Crippen molar-refractivity contribution in [2.45, 2.75) is 25.9 Å². The van der Waals surface area contributed by atoms with Crippen LogP contribution in [0.3, 0.4) is 0 Å². The molecule has 0 aliphatic carbocycles. The van der Waals surface area contributed by atoms with Crippen molar-refractivity contribution in [2.24, 2.45) is 9.98 Å². The first-order valence-corrected chi connectivity index (χ1v) is 13.0. The van der Waals surface area contributed by atoms with E-state index in [-0.39, 0.29) is 12.1 Å². The van der Waals surface area contributed by atoms with Gasteiger partial charge in [-0.3, -0.25) is 0 Å². The number of hydrogen-bond acceptors (Lipinski definition) is 5. The molecular formula is C33H27N3O2. The minimum absolute atomic E-state index is 0.0701. The first-order valence-electron chi connectivity index (χ1n) is 13.0. The summed E-state index contributed by atoms with van der Waals surface area (Å²) in [5, 5.41) is 4.94. The van der Waals surface area contributed by atoms with E-state index < -0.39 is 0 Å². The fourth-order valence-corrected chi connectivity index (χ4v) is 5.70. The number of hydrogen-bond donors (Lipinski definition) is 0. The van der Waals surface area contributed by atoms with Crippen molar-refractivity contribution in [3.05, 3.63) is 125 Å². The number of pyridine rings is 1. The van der Waals surface area contributed by atoms with Crippen LogP contribution >= 0.6 is 0 Å². The molecule has 0 N–H and O–H groups in total. The van der Waals surface area contributed by atoms with Gasteiger partial charge in [-0.05, 0) is 69.8 Å². The Kier molecular flexibility index (Phi) is 5.43. The summed E-state index contributed by atoms with van der Waals surface area (Å²) in [6.45, 7) is 5.28. The summed E-state index contributed by atoms with van der Waals surface area (Å²) in [6.07, 6.45) is 0. The zero-order valence-electron chi connectivity index (χ0n) is 21.4. The minimum atomic E-state index is -0.0701. The molecule has 7 rings (SSSR count). The monoisotopic (exact) mass is 497 g/mol. The quantitative estimate of drug-likeness (QED) is 0.268. The Hall–Kier alpha value is -4.51. The molecule has 2 atom stereocenters. The second-order valence-electron chi connectivity index (χ2n) is 9.97. The molecule has 0 bridgehead atoms. The van der Waals surface area contributed by atoms with E-state index in [0.29, 0.717) is 36.4 Å². The van der Waals surface area contributed by atoms with Crippen LogP contribution in [0.2, 0.25) is 0 Å². The molecule has 4 aromatic carbocycles. The van der Waals surface area contributed by atoms with Crippen molar-refractivity contribution in [3.8, 4) is 0 Å². The lowest BCUT2D eigenvalue weighted by Crippen LogP contribution is -2.10. The average molecular weight is 498 g/mol. The van der Waals surface area contributed by atoms with E-state index in [9.17, 15) is 0 Å². The van der Waals surface area contributed by atoms with Crippen LogP contribution in [0.4, 0.5) is 0 Å². The van der Waals surface area contributed by atoms with Crippen LogP contribution in [0, 0.1) is 13.8 Å². The van der Waals surface area contributed by atoms with E-state index in [2.05, 4.69) is 86.6 Å². The van der Waals surface area contributed by atoms with Crippen molar-refractivity contribution in [1.82, 2.24) is 4.98 Å². The van der Waals surface area contributed by atoms with Crippen molar-refractivity contribution in [2.75, 3.05) is 13.2 Å². The molecular weight excluding hydrogens is 470 g/mol. The Labute approximate surface area is 221 Å². The number of aliphatic imine (C=N–C) groups is 2. The summed E-state index contributed by atoms with van der Waals surface area (Å²) in [5.74, 6) is 1.12. The molecule has 0 spiro atoms. The van der Waals surface area contributed by atoms with Crippen LogP contribution in [0.15, 0.2) is 101 Å². The van der Waals surface area contributed by atoms with E-state index in [1.54, 1.807) is 0 Å². The lowest BCUT2D eigenvalue weighted by atomic mass is 9.96. The maximum absolute atomic E-state index is 6.07. The van der Waals surface area contributed by atoms with Gasteiger partial charge in [-0.25, -0.2) is 15.0 Å². The van der Waals surface area contributed by atoms with Gasteiger partial charge < -0.3 is 9.47 Å². The predicted octanol–water partition coefficient (Wildman–Crippen LogP) is 7.04. The van der Waals surface area contributed by atoms with Crippen LogP contribution in [0.5, 0.6) is 0 Å². The summed E-state index contributed by atoms with van der Waals surface area (Å²) in [4.78, 5) is 14.7. The van der Waals surface area contributed by atoms with Crippen LogP contribution in [0.25, 0.3) is 21.5 Å². The molecule has 0 amide bonds. The van der Waals surface area contributed by atoms with Crippen LogP contribution in [0.1, 0.15) is 45.7 Å². The number of aryl methyl sites for hydroxylation is 2. The topological polar surface area (TPSA) is 56.1 Å². The van der Waals surface area contributed by atoms with Gasteiger partial charge in [0.05, 0.1) is 0 Å². The molecule has 5 nitrogen and oxygen atoms in total. The van der Waals surface area contributed by atoms with Gasteiger partial charge in [-0.1, -0.05) is 78.9 Å². The van der Waals surface area contributed by atoms with Crippen molar-refractivity contribution in [3.63, 3.8) is 0 Å². The molecule has 3 heterocycles. The number of ether oxygens (including phenoxy) is 2. The Morgan fingerprint density at radius 3 is 1.45 bits per heavy atom. The molecule has 5 aromatic rings. The second-order valence-corrected chi connectivity index (χ2v) is 9.97. The number of nitrogens with zero attached hydrogens (tertiary/aromatic N) is 3. The van der Waals surface area contributed by atoms with Gasteiger partial charge in [0.2, 0.25) is 11.8 Å². The number of rotatable bonds is 4. The van der Waals surface area contributed by atoms with Gasteiger partial charge in [0.25, 0.3) is 0 Å². The number of benzene rings is 4. The van der Waals surface area contributed by atoms with Crippen molar-refractivity contribution < 1.29 is 9.47 Å². The summed E-state index contributed by atoms with van der Waals surface area (Å²) >= 11 is 0. The average Bonchev–Trinajstić information content (AvgIpc) is 3.64. The van der Waals surface area contributed by atoms with Gasteiger partial charge in [-0.15, -0.1) is 0 Å². The third-order valence-electron chi connectivity index (χ3n) is 7.50. The summed E-state index contributed by atoms with van der Waals surface area (Å²) in [5.41, 5.74) is 6.24. The van der Waals surface area contributed by atoms with Gasteiger partial charge >= 0.3 is 0 Å². The largest absolute Gasteiger partial charge is 0.474 e.